The highest BCUT2D eigenvalue weighted by atomic mass is 16.2. The average Bonchev–Trinajstić information content (AvgIpc) is 2.55. The molecule has 2 aromatic rings. The Morgan fingerprint density at radius 2 is 1.83 bits per heavy atom. The number of amides is 1. The van der Waals surface area contributed by atoms with Crippen LogP contribution in [0.25, 0.3) is 0 Å². The van der Waals surface area contributed by atoms with Crippen molar-refractivity contribution >= 4 is 5.91 Å². The number of hydrogen-bond donors (Lipinski definition) is 1. The molecular weight excluding hydrogens is 284 g/mol. The summed E-state index contributed by atoms with van der Waals surface area (Å²) < 4.78 is 0. The van der Waals surface area contributed by atoms with Gasteiger partial charge >= 0.3 is 0 Å². The topological polar surface area (TPSA) is 46.3 Å². The largest absolute Gasteiger partial charge is 0.338 e. The number of benzene rings is 2. The van der Waals surface area contributed by atoms with Crippen molar-refractivity contribution in [2.75, 3.05) is 13.1 Å². The first-order valence-electron chi connectivity index (χ1n) is 8.18. The smallest absolute Gasteiger partial charge is 0.227 e. The molecule has 2 rings (SSSR count). The van der Waals surface area contributed by atoms with Crippen molar-refractivity contribution in [2.45, 2.75) is 33.2 Å². The molecule has 2 aromatic carbocycles. The molecule has 0 spiro atoms. The van der Waals surface area contributed by atoms with Gasteiger partial charge < -0.3 is 10.6 Å². The molecule has 2 N–H and O–H groups in total. The van der Waals surface area contributed by atoms with Crippen molar-refractivity contribution in [3.63, 3.8) is 0 Å². The molecule has 23 heavy (non-hydrogen) atoms. The molecule has 0 fully saturated rings. The summed E-state index contributed by atoms with van der Waals surface area (Å²) in [5.41, 5.74) is 10.3. The Kier molecular flexibility index (Phi) is 6.36. The minimum atomic E-state index is 0.163. The molecule has 0 aliphatic heterocycles. The van der Waals surface area contributed by atoms with Crippen LogP contribution < -0.4 is 5.73 Å². The van der Waals surface area contributed by atoms with Gasteiger partial charge in [-0.15, -0.1) is 0 Å². The molecule has 0 bridgehead atoms. The fraction of sp³-hybridized carbons (Fsp3) is 0.350. The van der Waals surface area contributed by atoms with Crippen molar-refractivity contribution in [2.24, 2.45) is 5.73 Å². The predicted octanol–water partition coefficient (Wildman–Crippen LogP) is 3.22. The first-order chi connectivity index (χ1) is 11.1. The first kappa shape index (κ1) is 17.2. The van der Waals surface area contributed by atoms with Gasteiger partial charge in [-0.3, -0.25) is 4.79 Å². The summed E-state index contributed by atoms with van der Waals surface area (Å²) in [4.78, 5) is 14.7. The first-order valence-corrected chi connectivity index (χ1v) is 8.18. The third-order valence-electron chi connectivity index (χ3n) is 4.05. The zero-order chi connectivity index (χ0) is 16.7. The fourth-order valence-corrected chi connectivity index (χ4v) is 2.64. The average molecular weight is 310 g/mol. The Balaban J connectivity index is 2.11. The molecule has 0 unspecified atom stereocenters. The number of carbonyl (C=O) groups excluding carboxylic acids is 1. The van der Waals surface area contributed by atoms with Crippen LogP contribution in [0.4, 0.5) is 0 Å². The Morgan fingerprint density at radius 1 is 1.09 bits per heavy atom. The molecule has 1 amide bonds. The molecule has 0 aromatic heterocycles. The van der Waals surface area contributed by atoms with Gasteiger partial charge in [0.1, 0.15) is 0 Å². The zero-order valence-corrected chi connectivity index (χ0v) is 14.1. The molecule has 0 saturated heterocycles. The SMILES string of the molecule is Cc1ccc(C)c(CC(=O)N(CCCN)Cc2ccccc2)c1. The van der Waals surface area contributed by atoms with Gasteiger partial charge in [-0.05, 0) is 43.5 Å². The molecule has 0 saturated carbocycles. The maximum absolute atomic E-state index is 12.8. The number of hydrogen-bond acceptors (Lipinski definition) is 2. The lowest BCUT2D eigenvalue weighted by molar-refractivity contribution is -0.131. The molecule has 0 aliphatic rings. The number of nitrogens with zero attached hydrogens (tertiary/aromatic N) is 1. The minimum Gasteiger partial charge on any atom is -0.338 e. The van der Waals surface area contributed by atoms with Crippen LogP contribution in [-0.2, 0) is 17.8 Å². The second-order valence-corrected chi connectivity index (χ2v) is 6.05. The lowest BCUT2D eigenvalue weighted by Crippen LogP contribution is -2.33. The van der Waals surface area contributed by atoms with E-state index in [-0.39, 0.29) is 5.91 Å². The maximum Gasteiger partial charge on any atom is 0.227 e. The van der Waals surface area contributed by atoms with E-state index in [1.807, 2.05) is 23.1 Å². The standard InChI is InChI=1S/C20H26N2O/c1-16-9-10-17(2)19(13-16)14-20(23)22(12-6-11-21)15-18-7-4-3-5-8-18/h3-5,7-10,13H,6,11-12,14-15,21H2,1-2H3. The van der Waals surface area contributed by atoms with Gasteiger partial charge in [0, 0.05) is 13.1 Å². The van der Waals surface area contributed by atoms with E-state index in [4.69, 9.17) is 5.73 Å². The van der Waals surface area contributed by atoms with Crippen LogP contribution in [0.15, 0.2) is 48.5 Å². The van der Waals surface area contributed by atoms with E-state index in [1.165, 1.54) is 11.1 Å². The maximum atomic E-state index is 12.8. The summed E-state index contributed by atoms with van der Waals surface area (Å²) in [6.07, 6.45) is 1.27. The van der Waals surface area contributed by atoms with Crippen LogP contribution in [0.2, 0.25) is 0 Å². The van der Waals surface area contributed by atoms with Crippen LogP contribution in [0.1, 0.15) is 28.7 Å². The molecule has 3 nitrogen and oxygen atoms in total. The highest BCUT2D eigenvalue weighted by Crippen LogP contribution is 2.14. The van der Waals surface area contributed by atoms with Gasteiger partial charge in [-0.1, -0.05) is 54.1 Å². The number of carbonyl (C=O) groups is 1. The second kappa shape index (κ2) is 8.49. The van der Waals surface area contributed by atoms with Crippen LogP contribution in [0.5, 0.6) is 0 Å². The normalized spacial score (nSPS) is 10.6. The Bertz CT molecular complexity index is 637. The van der Waals surface area contributed by atoms with Gasteiger partial charge in [0.2, 0.25) is 5.91 Å². The van der Waals surface area contributed by atoms with E-state index >= 15 is 0 Å². The number of nitrogens with two attached hydrogens (primary N) is 1. The Hall–Kier alpha value is -2.13. The molecule has 0 radical (unpaired) electrons. The van der Waals surface area contributed by atoms with E-state index in [0.717, 1.165) is 17.5 Å². The van der Waals surface area contributed by atoms with Gasteiger partial charge in [0.05, 0.1) is 6.42 Å². The van der Waals surface area contributed by atoms with Crippen molar-refractivity contribution in [3.05, 3.63) is 70.8 Å². The van der Waals surface area contributed by atoms with Crippen molar-refractivity contribution in [3.8, 4) is 0 Å². The quantitative estimate of drug-likeness (QED) is 0.853. The molecule has 0 atom stereocenters. The van der Waals surface area contributed by atoms with E-state index < -0.39 is 0 Å². The molecule has 0 aliphatic carbocycles. The summed E-state index contributed by atoms with van der Waals surface area (Å²) in [5.74, 6) is 0.163. The van der Waals surface area contributed by atoms with Crippen LogP contribution in [0, 0.1) is 13.8 Å². The molecule has 122 valence electrons. The fourth-order valence-electron chi connectivity index (χ4n) is 2.64. The van der Waals surface area contributed by atoms with Crippen molar-refractivity contribution in [1.82, 2.24) is 4.90 Å². The van der Waals surface area contributed by atoms with E-state index in [9.17, 15) is 4.79 Å². The monoisotopic (exact) mass is 310 g/mol. The summed E-state index contributed by atoms with van der Waals surface area (Å²) in [7, 11) is 0. The van der Waals surface area contributed by atoms with Crippen molar-refractivity contribution < 1.29 is 4.79 Å². The van der Waals surface area contributed by atoms with Gasteiger partial charge in [0.15, 0.2) is 0 Å². The van der Waals surface area contributed by atoms with Crippen molar-refractivity contribution in [1.29, 1.82) is 0 Å². The van der Waals surface area contributed by atoms with Gasteiger partial charge in [0.25, 0.3) is 0 Å². The molecule has 0 heterocycles. The minimum absolute atomic E-state index is 0.163. The zero-order valence-electron chi connectivity index (χ0n) is 14.1. The highest BCUT2D eigenvalue weighted by molar-refractivity contribution is 5.79. The third-order valence-corrected chi connectivity index (χ3v) is 4.05. The second-order valence-electron chi connectivity index (χ2n) is 6.05. The summed E-state index contributed by atoms with van der Waals surface area (Å²) in [5, 5.41) is 0. The van der Waals surface area contributed by atoms with Crippen LogP contribution >= 0.6 is 0 Å². The lowest BCUT2D eigenvalue weighted by Gasteiger charge is -2.23. The third kappa shape index (κ3) is 5.22. The van der Waals surface area contributed by atoms with E-state index in [0.29, 0.717) is 26.1 Å². The van der Waals surface area contributed by atoms with Gasteiger partial charge in [-0.25, -0.2) is 0 Å². The number of rotatable bonds is 7. The highest BCUT2D eigenvalue weighted by Gasteiger charge is 2.15. The summed E-state index contributed by atoms with van der Waals surface area (Å²) in [6, 6.07) is 16.4. The Labute approximate surface area is 139 Å². The Morgan fingerprint density at radius 3 is 2.52 bits per heavy atom. The van der Waals surface area contributed by atoms with E-state index in [1.54, 1.807) is 0 Å². The summed E-state index contributed by atoms with van der Waals surface area (Å²) >= 11 is 0. The van der Waals surface area contributed by atoms with Gasteiger partial charge in [-0.2, -0.15) is 0 Å². The number of aryl methyl sites for hydroxylation is 2. The summed E-state index contributed by atoms with van der Waals surface area (Å²) in [6.45, 7) is 6.06. The molecular formula is C20H26N2O. The van der Waals surface area contributed by atoms with E-state index in [2.05, 4.69) is 44.2 Å². The van der Waals surface area contributed by atoms with Crippen LogP contribution in [0.3, 0.4) is 0 Å². The molecule has 3 heteroatoms. The predicted molar refractivity (Wildman–Crippen MR) is 95.2 cm³/mol. The van der Waals surface area contributed by atoms with Crippen LogP contribution in [-0.4, -0.2) is 23.9 Å². The lowest BCUT2D eigenvalue weighted by atomic mass is 10.0.